The molecule has 0 aliphatic heterocycles. The number of carbonyl (C=O) groups excluding carboxylic acids is 1. The topological polar surface area (TPSA) is 29.1 Å². The van der Waals surface area contributed by atoms with Crippen LogP contribution in [0.1, 0.15) is 29.4 Å². The van der Waals surface area contributed by atoms with Gasteiger partial charge in [0.1, 0.15) is 0 Å². The molecule has 0 aliphatic rings. The van der Waals surface area contributed by atoms with Gasteiger partial charge in [-0.15, -0.1) is 22.9 Å². The van der Waals surface area contributed by atoms with Crippen molar-refractivity contribution in [1.29, 1.82) is 0 Å². The van der Waals surface area contributed by atoms with Gasteiger partial charge in [-0.1, -0.05) is 13.0 Å². The summed E-state index contributed by atoms with van der Waals surface area (Å²) in [5.74, 6) is 0.598. The smallest absolute Gasteiger partial charge is 0.261 e. The highest BCUT2D eigenvalue weighted by atomic mass is 35.5. The van der Waals surface area contributed by atoms with Crippen molar-refractivity contribution in [3.63, 3.8) is 0 Å². The first-order chi connectivity index (χ1) is 6.77. The van der Waals surface area contributed by atoms with Crippen LogP contribution in [0.3, 0.4) is 0 Å². The minimum Gasteiger partial charge on any atom is -0.349 e. The number of alkyl halides is 1. The standard InChI is InChI=1S/C10H14ClNOS/c1-2-8(5-6-11)12-10(13)9-4-3-7-14-9/h3-4,7-8H,2,5-6H2,1H3,(H,12,13). The Bertz CT molecular complexity index is 274. The van der Waals surface area contributed by atoms with E-state index >= 15 is 0 Å². The van der Waals surface area contributed by atoms with Gasteiger partial charge in [0.2, 0.25) is 0 Å². The zero-order valence-corrected chi connectivity index (χ0v) is 9.70. The van der Waals surface area contributed by atoms with E-state index in [2.05, 4.69) is 5.32 Å². The molecular formula is C10H14ClNOS. The minimum absolute atomic E-state index is 0.0111. The zero-order valence-electron chi connectivity index (χ0n) is 8.13. The predicted octanol–water partition coefficient (Wildman–Crippen LogP) is 2.89. The lowest BCUT2D eigenvalue weighted by Gasteiger charge is -2.14. The van der Waals surface area contributed by atoms with E-state index in [4.69, 9.17) is 11.6 Å². The third kappa shape index (κ3) is 3.31. The molecular weight excluding hydrogens is 218 g/mol. The second-order valence-corrected chi connectivity index (χ2v) is 4.36. The molecule has 2 nitrogen and oxygen atoms in total. The maximum Gasteiger partial charge on any atom is 0.261 e. The van der Waals surface area contributed by atoms with E-state index in [1.165, 1.54) is 11.3 Å². The number of carbonyl (C=O) groups is 1. The van der Waals surface area contributed by atoms with Gasteiger partial charge in [0.25, 0.3) is 5.91 Å². The van der Waals surface area contributed by atoms with E-state index in [0.29, 0.717) is 5.88 Å². The Morgan fingerprint density at radius 1 is 1.71 bits per heavy atom. The molecule has 1 N–H and O–H groups in total. The first-order valence-electron chi connectivity index (χ1n) is 4.68. The van der Waals surface area contributed by atoms with E-state index < -0.39 is 0 Å². The molecule has 0 fully saturated rings. The average Bonchev–Trinajstić information content (AvgIpc) is 2.69. The summed E-state index contributed by atoms with van der Waals surface area (Å²) in [4.78, 5) is 12.4. The summed E-state index contributed by atoms with van der Waals surface area (Å²) in [7, 11) is 0. The maximum atomic E-state index is 11.6. The fourth-order valence-electron chi connectivity index (χ4n) is 1.17. The monoisotopic (exact) mass is 231 g/mol. The Labute approximate surface area is 93.3 Å². The highest BCUT2D eigenvalue weighted by Gasteiger charge is 2.11. The summed E-state index contributed by atoms with van der Waals surface area (Å²) in [6.45, 7) is 2.05. The van der Waals surface area contributed by atoms with Crippen molar-refractivity contribution in [1.82, 2.24) is 5.32 Å². The molecule has 0 saturated carbocycles. The van der Waals surface area contributed by atoms with Crippen molar-refractivity contribution in [2.24, 2.45) is 0 Å². The molecule has 0 saturated heterocycles. The molecule has 1 unspecified atom stereocenters. The maximum absolute atomic E-state index is 11.6. The average molecular weight is 232 g/mol. The second-order valence-electron chi connectivity index (χ2n) is 3.03. The van der Waals surface area contributed by atoms with Crippen LogP contribution >= 0.6 is 22.9 Å². The van der Waals surface area contributed by atoms with Gasteiger partial charge >= 0.3 is 0 Å². The quantitative estimate of drug-likeness (QED) is 0.776. The number of amides is 1. The van der Waals surface area contributed by atoms with Gasteiger partial charge in [-0.25, -0.2) is 0 Å². The summed E-state index contributed by atoms with van der Waals surface area (Å²) in [5, 5.41) is 4.86. The number of rotatable bonds is 5. The van der Waals surface area contributed by atoms with Gasteiger partial charge in [-0.05, 0) is 24.3 Å². The number of hydrogen-bond donors (Lipinski definition) is 1. The molecule has 0 aromatic carbocycles. The molecule has 0 spiro atoms. The molecule has 1 aromatic rings. The van der Waals surface area contributed by atoms with E-state index in [0.717, 1.165) is 17.7 Å². The molecule has 14 heavy (non-hydrogen) atoms. The number of nitrogens with one attached hydrogen (secondary N) is 1. The van der Waals surface area contributed by atoms with E-state index in [-0.39, 0.29) is 11.9 Å². The van der Waals surface area contributed by atoms with Crippen molar-refractivity contribution in [2.75, 3.05) is 5.88 Å². The highest BCUT2D eigenvalue weighted by molar-refractivity contribution is 7.12. The summed E-state index contributed by atoms with van der Waals surface area (Å²) in [6, 6.07) is 3.90. The molecule has 1 amide bonds. The SMILES string of the molecule is CCC(CCCl)NC(=O)c1cccs1. The van der Waals surface area contributed by atoms with Gasteiger partial charge in [0, 0.05) is 11.9 Å². The largest absolute Gasteiger partial charge is 0.349 e. The van der Waals surface area contributed by atoms with Crippen LogP contribution in [0.2, 0.25) is 0 Å². The normalized spacial score (nSPS) is 12.4. The van der Waals surface area contributed by atoms with Crippen LogP contribution in [0.5, 0.6) is 0 Å². The van der Waals surface area contributed by atoms with E-state index in [9.17, 15) is 4.79 Å². The van der Waals surface area contributed by atoms with Crippen molar-refractivity contribution in [3.8, 4) is 0 Å². The van der Waals surface area contributed by atoms with Gasteiger partial charge in [0.05, 0.1) is 4.88 Å². The summed E-state index contributed by atoms with van der Waals surface area (Å²) in [5.41, 5.74) is 0. The lowest BCUT2D eigenvalue weighted by molar-refractivity contribution is 0.0939. The van der Waals surface area contributed by atoms with Gasteiger partial charge in [-0.2, -0.15) is 0 Å². The number of hydrogen-bond acceptors (Lipinski definition) is 2. The molecule has 1 rings (SSSR count). The Morgan fingerprint density at radius 3 is 3.00 bits per heavy atom. The molecule has 1 heterocycles. The van der Waals surface area contributed by atoms with Crippen molar-refractivity contribution >= 4 is 28.8 Å². The van der Waals surface area contributed by atoms with E-state index in [1.54, 1.807) is 0 Å². The molecule has 4 heteroatoms. The van der Waals surface area contributed by atoms with Gasteiger partial charge < -0.3 is 5.32 Å². The predicted molar refractivity (Wildman–Crippen MR) is 61.2 cm³/mol. The third-order valence-electron chi connectivity index (χ3n) is 2.03. The molecule has 78 valence electrons. The first-order valence-corrected chi connectivity index (χ1v) is 6.09. The Balaban J connectivity index is 2.47. The van der Waals surface area contributed by atoms with Crippen molar-refractivity contribution in [2.45, 2.75) is 25.8 Å². The van der Waals surface area contributed by atoms with Crippen LogP contribution in [0.25, 0.3) is 0 Å². The van der Waals surface area contributed by atoms with Crippen LogP contribution in [-0.2, 0) is 0 Å². The Kier molecular flexibility index (Phi) is 4.98. The third-order valence-corrected chi connectivity index (χ3v) is 3.12. The fraction of sp³-hybridized carbons (Fsp3) is 0.500. The van der Waals surface area contributed by atoms with Crippen molar-refractivity contribution < 1.29 is 4.79 Å². The number of thiophene rings is 1. The highest BCUT2D eigenvalue weighted by Crippen LogP contribution is 2.09. The molecule has 1 atom stereocenters. The second kappa shape index (κ2) is 6.04. The summed E-state index contributed by atoms with van der Waals surface area (Å²) < 4.78 is 0. The van der Waals surface area contributed by atoms with Crippen LogP contribution in [-0.4, -0.2) is 17.8 Å². The lowest BCUT2D eigenvalue weighted by atomic mass is 10.2. The van der Waals surface area contributed by atoms with Crippen LogP contribution in [0.4, 0.5) is 0 Å². The first kappa shape index (κ1) is 11.5. The summed E-state index contributed by atoms with van der Waals surface area (Å²) in [6.07, 6.45) is 1.75. The molecule has 0 radical (unpaired) electrons. The Hall–Kier alpha value is -0.540. The molecule has 0 aliphatic carbocycles. The molecule has 0 bridgehead atoms. The fourth-order valence-corrected chi connectivity index (χ4v) is 2.06. The zero-order chi connectivity index (χ0) is 10.4. The Morgan fingerprint density at radius 2 is 2.50 bits per heavy atom. The van der Waals surface area contributed by atoms with Crippen LogP contribution in [0, 0.1) is 0 Å². The van der Waals surface area contributed by atoms with Gasteiger partial charge in [-0.3, -0.25) is 4.79 Å². The summed E-state index contributed by atoms with van der Waals surface area (Å²) >= 11 is 7.09. The van der Waals surface area contributed by atoms with Crippen molar-refractivity contribution in [3.05, 3.63) is 22.4 Å². The van der Waals surface area contributed by atoms with E-state index in [1.807, 2.05) is 24.4 Å². The van der Waals surface area contributed by atoms with Gasteiger partial charge in [0.15, 0.2) is 0 Å². The number of halogens is 1. The van der Waals surface area contributed by atoms with Crippen LogP contribution in [0.15, 0.2) is 17.5 Å². The minimum atomic E-state index is 0.0111. The lowest BCUT2D eigenvalue weighted by Crippen LogP contribution is -2.34. The van der Waals surface area contributed by atoms with Crippen LogP contribution < -0.4 is 5.32 Å². The molecule has 1 aromatic heterocycles.